The summed E-state index contributed by atoms with van der Waals surface area (Å²) >= 11 is 3.12. The number of benzene rings is 1. The highest BCUT2D eigenvalue weighted by molar-refractivity contribution is 9.10. The molecule has 5 nitrogen and oxygen atoms in total. The van der Waals surface area contributed by atoms with Gasteiger partial charge in [-0.15, -0.1) is 0 Å². The van der Waals surface area contributed by atoms with Crippen LogP contribution in [0.25, 0.3) is 0 Å². The number of hydrogen-bond donors (Lipinski definition) is 1. The van der Waals surface area contributed by atoms with E-state index in [-0.39, 0.29) is 12.2 Å². The van der Waals surface area contributed by atoms with E-state index in [2.05, 4.69) is 31.2 Å². The van der Waals surface area contributed by atoms with Gasteiger partial charge in [0.15, 0.2) is 0 Å². The summed E-state index contributed by atoms with van der Waals surface area (Å²) in [6.45, 7) is 0.431. The number of ether oxygens (including phenoxy) is 1. The van der Waals surface area contributed by atoms with Crippen molar-refractivity contribution in [3.8, 4) is 0 Å². The molecule has 0 aliphatic carbocycles. The third kappa shape index (κ3) is 3.99. The molecule has 0 atom stereocenters. The molecule has 1 aromatic heterocycles. The zero-order chi connectivity index (χ0) is 14.4. The largest absolute Gasteiger partial charge is 0.460 e. The lowest BCUT2D eigenvalue weighted by Gasteiger charge is -2.07. The van der Waals surface area contributed by atoms with Crippen molar-refractivity contribution >= 4 is 27.8 Å². The van der Waals surface area contributed by atoms with Gasteiger partial charge in [0.1, 0.15) is 12.4 Å². The topological polar surface area (TPSA) is 64.1 Å². The molecule has 0 aliphatic heterocycles. The van der Waals surface area contributed by atoms with E-state index in [4.69, 9.17) is 4.74 Å². The maximum absolute atomic E-state index is 13.5. The fourth-order valence-electron chi connectivity index (χ4n) is 1.43. The Hall–Kier alpha value is -2.02. The van der Waals surface area contributed by atoms with Crippen molar-refractivity contribution in [2.75, 3.05) is 18.5 Å². The van der Waals surface area contributed by atoms with Gasteiger partial charge in [0.2, 0.25) is 5.95 Å². The lowest BCUT2D eigenvalue weighted by molar-refractivity contribution is 0.0515. The summed E-state index contributed by atoms with van der Waals surface area (Å²) in [6, 6.07) is 5.86. The van der Waals surface area contributed by atoms with Gasteiger partial charge < -0.3 is 10.1 Å². The molecule has 1 aromatic carbocycles. The van der Waals surface area contributed by atoms with Crippen molar-refractivity contribution in [3.63, 3.8) is 0 Å². The van der Waals surface area contributed by atoms with E-state index in [1.807, 2.05) is 0 Å². The average Bonchev–Trinajstić information content (AvgIpc) is 2.44. The molecule has 20 heavy (non-hydrogen) atoms. The van der Waals surface area contributed by atoms with Crippen molar-refractivity contribution in [3.05, 3.63) is 52.5 Å². The number of anilines is 1. The number of aromatic nitrogens is 2. The van der Waals surface area contributed by atoms with E-state index in [1.165, 1.54) is 12.1 Å². The van der Waals surface area contributed by atoms with E-state index < -0.39 is 11.8 Å². The molecule has 0 spiro atoms. The number of nitrogens with one attached hydrogen (secondary N) is 1. The van der Waals surface area contributed by atoms with Crippen molar-refractivity contribution in [1.82, 2.24) is 9.97 Å². The number of esters is 1. The Morgan fingerprint density at radius 2 is 2.10 bits per heavy atom. The SMILES string of the molecule is O=C(OCCNc1ncccn1)c1ccc(Br)cc1F. The number of rotatable bonds is 5. The van der Waals surface area contributed by atoms with Gasteiger partial charge in [-0.05, 0) is 24.3 Å². The molecular weight excluding hydrogens is 329 g/mol. The molecule has 0 bridgehead atoms. The van der Waals surface area contributed by atoms with E-state index in [1.54, 1.807) is 24.5 Å². The van der Waals surface area contributed by atoms with Crippen LogP contribution >= 0.6 is 15.9 Å². The number of carbonyl (C=O) groups excluding carboxylic acids is 1. The minimum Gasteiger partial charge on any atom is -0.460 e. The third-order valence-corrected chi connectivity index (χ3v) is 2.83. The Kier molecular flexibility index (Phi) is 5.00. The van der Waals surface area contributed by atoms with Gasteiger partial charge in [0, 0.05) is 16.9 Å². The molecule has 0 aliphatic rings. The molecule has 7 heteroatoms. The van der Waals surface area contributed by atoms with Crippen molar-refractivity contribution in [2.45, 2.75) is 0 Å². The van der Waals surface area contributed by atoms with Crippen LogP contribution in [0.2, 0.25) is 0 Å². The Morgan fingerprint density at radius 3 is 2.80 bits per heavy atom. The first-order chi connectivity index (χ1) is 9.66. The first-order valence-electron chi connectivity index (χ1n) is 5.80. The summed E-state index contributed by atoms with van der Waals surface area (Å²) in [5, 5.41) is 2.87. The maximum Gasteiger partial charge on any atom is 0.341 e. The summed E-state index contributed by atoms with van der Waals surface area (Å²) in [4.78, 5) is 19.6. The molecule has 104 valence electrons. The van der Waals surface area contributed by atoms with Gasteiger partial charge in [-0.1, -0.05) is 15.9 Å². The van der Waals surface area contributed by atoms with Gasteiger partial charge >= 0.3 is 5.97 Å². The summed E-state index contributed by atoms with van der Waals surface area (Å²) in [5.74, 6) is -0.882. The predicted octanol–water partition coefficient (Wildman–Crippen LogP) is 2.65. The van der Waals surface area contributed by atoms with Gasteiger partial charge in [-0.2, -0.15) is 0 Å². The zero-order valence-corrected chi connectivity index (χ0v) is 11.9. The van der Waals surface area contributed by atoms with E-state index in [0.29, 0.717) is 17.0 Å². The van der Waals surface area contributed by atoms with Crippen LogP contribution in [0, 0.1) is 5.82 Å². The van der Waals surface area contributed by atoms with Crippen molar-refractivity contribution < 1.29 is 13.9 Å². The molecule has 0 fully saturated rings. The van der Waals surface area contributed by atoms with Crippen LogP contribution in [-0.4, -0.2) is 29.1 Å². The first kappa shape index (κ1) is 14.4. The fraction of sp³-hybridized carbons (Fsp3) is 0.154. The Bertz CT molecular complexity index is 595. The quantitative estimate of drug-likeness (QED) is 0.670. The van der Waals surface area contributed by atoms with Gasteiger partial charge in [0.05, 0.1) is 12.1 Å². The molecule has 1 heterocycles. The maximum atomic E-state index is 13.5. The van der Waals surface area contributed by atoms with Crippen LogP contribution in [0.5, 0.6) is 0 Å². The minimum absolute atomic E-state index is 0.0899. The zero-order valence-electron chi connectivity index (χ0n) is 10.3. The molecular formula is C13H11BrFN3O2. The number of carbonyl (C=O) groups is 1. The number of hydrogen-bond acceptors (Lipinski definition) is 5. The minimum atomic E-state index is -0.703. The summed E-state index contributed by atoms with van der Waals surface area (Å²) in [6.07, 6.45) is 3.19. The summed E-state index contributed by atoms with van der Waals surface area (Å²) in [7, 11) is 0. The van der Waals surface area contributed by atoms with E-state index >= 15 is 0 Å². The highest BCUT2D eigenvalue weighted by Gasteiger charge is 2.13. The van der Waals surface area contributed by atoms with Crippen LogP contribution in [0.15, 0.2) is 41.1 Å². The number of nitrogens with zero attached hydrogens (tertiary/aromatic N) is 2. The lowest BCUT2D eigenvalue weighted by atomic mass is 10.2. The van der Waals surface area contributed by atoms with Crippen LogP contribution in [0.3, 0.4) is 0 Å². The Labute approximate surface area is 123 Å². The highest BCUT2D eigenvalue weighted by Crippen LogP contribution is 2.15. The third-order valence-electron chi connectivity index (χ3n) is 2.34. The number of halogens is 2. The Balaban J connectivity index is 1.80. The predicted molar refractivity (Wildman–Crippen MR) is 74.9 cm³/mol. The van der Waals surface area contributed by atoms with E-state index in [9.17, 15) is 9.18 Å². The molecule has 2 aromatic rings. The molecule has 0 saturated heterocycles. The highest BCUT2D eigenvalue weighted by atomic mass is 79.9. The first-order valence-corrected chi connectivity index (χ1v) is 6.59. The lowest BCUT2D eigenvalue weighted by Crippen LogP contribution is -2.15. The fourth-order valence-corrected chi connectivity index (χ4v) is 1.76. The molecule has 0 radical (unpaired) electrons. The van der Waals surface area contributed by atoms with Crippen LogP contribution in [-0.2, 0) is 4.74 Å². The molecule has 0 unspecified atom stereocenters. The summed E-state index contributed by atoms with van der Waals surface area (Å²) < 4.78 is 19.0. The van der Waals surface area contributed by atoms with Crippen molar-refractivity contribution in [2.24, 2.45) is 0 Å². The molecule has 2 rings (SSSR count). The molecule has 1 N–H and O–H groups in total. The second-order valence-corrected chi connectivity index (χ2v) is 4.67. The van der Waals surface area contributed by atoms with Gasteiger partial charge in [-0.25, -0.2) is 19.2 Å². The monoisotopic (exact) mass is 339 g/mol. The smallest absolute Gasteiger partial charge is 0.341 e. The van der Waals surface area contributed by atoms with Crippen molar-refractivity contribution in [1.29, 1.82) is 0 Å². The molecule has 0 saturated carbocycles. The van der Waals surface area contributed by atoms with Crippen LogP contribution in [0.1, 0.15) is 10.4 Å². The normalized spacial score (nSPS) is 10.1. The Morgan fingerprint density at radius 1 is 1.35 bits per heavy atom. The molecule has 0 amide bonds. The van der Waals surface area contributed by atoms with Crippen LogP contribution < -0.4 is 5.32 Å². The van der Waals surface area contributed by atoms with Gasteiger partial charge in [-0.3, -0.25) is 0 Å². The van der Waals surface area contributed by atoms with Crippen LogP contribution in [0.4, 0.5) is 10.3 Å². The average molecular weight is 340 g/mol. The second-order valence-electron chi connectivity index (χ2n) is 3.76. The van der Waals surface area contributed by atoms with Gasteiger partial charge in [0.25, 0.3) is 0 Å². The summed E-state index contributed by atoms with van der Waals surface area (Å²) in [5.41, 5.74) is -0.0934. The van der Waals surface area contributed by atoms with E-state index in [0.717, 1.165) is 0 Å². The standard InChI is InChI=1S/C13H11BrFN3O2/c14-9-2-3-10(11(15)8-9)12(19)20-7-6-18-13-16-4-1-5-17-13/h1-5,8H,6-7H2,(H,16,17,18). The second kappa shape index (κ2) is 6.95.